The third-order valence-electron chi connectivity index (χ3n) is 2.62. The lowest BCUT2D eigenvalue weighted by atomic mass is 10.2. The number of nitrogens with one attached hydrogen (secondary N) is 2. The van der Waals surface area contributed by atoms with Crippen molar-refractivity contribution < 1.29 is 5.11 Å². The van der Waals surface area contributed by atoms with Crippen LogP contribution in [-0.4, -0.2) is 23.7 Å². The molecule has 0 bridgehead atoms. The average molecular weight is 361 g/mol. The van der Waals surface area contributed by atoms with Crippen molar-refractivity contribution in [3.63, 3.8) is 0 Å². The first-order chi connectivity index (χ1) is 8.28. The molecule has 2 rings (SSSR count). The molecule has 0 radical (unpaired) electrons. The Morgan fingerprint density at radius 1 is 1.33 bits per heavy atom. The van der Waals surface area contributed by atoms with Crippen LogP contribution in [0.15, 0.2) is 29.3 Å². The number of phenols is 1. The van der Waals surface area contributed by atoms with Crippen molar-refractivity contribution in [3.8, 4) is 5.75 Å². The Balaban J connectivity index is 0.00000162. The van der Waals surface area contributed by atoms with Crippen molar-refractivity contribution in [1.29, 1.82) is 0 Å². The second-order valence-electron chi connectivity index (χ2n) is 4.28. The smallest absolute Gasteiger partial charge is 0.191 e. The summed E-state index contributed by atoms with van der Waals surface area (Å²) in [6.07, 6.45) is 2.48. The maximum Gasteiger partial charge on any atom is 0.191 e. The number of benzene rings is 1. The number of halogens is 1. The number of hydrogen-bond acceptors (Lipinski definition) is 2. The number of hydrogen-bond donors (Lipinski definition) is 3. The monoisotopic (exact) mass is 361 g/mol. The fourth-order valence-electron chi connectivity index (χ4n) is 1.51. The lowest BCUT2D eigenvalue weighted by Gasteiger charge is -2.10. The first kappa shape index (κ1) is 15.1. The van der Waals surface area contributed by atoms with Crippen molar-refractivity contribution in [3.05, 3.63) is 29.8 Å². The third-order valence-corrected chi connectivity index (χ3v) is 2.62. The molecule has 0 saturated heterocycles. The van der Waals surface area contributed by atoms with Gasteiger partial charge in [-0.05, 0) is 37.5 Å². The van der Waals surface area contributed by atoms with Gasteiger partial charge in [-0.15, -0.1) is 24.0 Å². The van der Waals surface area contributed by atoms with E-state index in [2.05, 4.69) is 22.5 Å². The SMILES string of the molecule is CCNC(=NCc1ccc(O)cc1)NC1CC1.I. The molecule has 0 unspecified atom stereocenters. The summed E-state index contributed by atoms with van der Waals surface area (Å²) in [5, 5.41) is 15.8. The van der Waals surface area contributed by atoms with Gasteiger partial charge in [-0.1, -0.05) is 12.1 Å². The molecule has 1 fully saturated rings. The topological polar surface area (TPSA) is 56.7 Å². The Bertz CT molecular complexity index is 388. The van der Waals surface area contributed by atoms with Gasteiger partial charge in [-0.3, -0.25) is 0 Å². The predicted molar refractivity (Wildman–Crippen MR) is 84.5 cm³/mol. The standard InChI is InChI=1S/C13H19N3O.HI/c1-2-14-13(16-11-5-6-11)15-9-10-3-7-12(17)8-4-10;/h3-4,7-8,11,17H,2,5-6,9H2,1H3,(H2,14,15,16);1H. The molecular formula is C13H20IN3O. The zero-order valence-corrected chi connectivity index (χ0v) is 12.8. The van der Waals surface area contributed by atoms with Crippen LogP contribution in [0.25, 0.3) is 0 Å². The van der Waals surface area contributed by atoms with E-state index in [-0.39, 0.29) is 24.0 Å². The van der Waals surface area contributed by atoms with Gasteiger partial charge in [0.1, 0.15) is 5.75 Å². The van der Waals surface area contributed by atoms with Crippen LogP contribution in [0.1, 0.15) is 25.3 Å². The van der Waals surface area contributed by atoms with Gasteiger partial charge in [0.25, 0.3) is 0 Å². The van der Waals surface area contributed by atoms with E-state index in [1.807, 2.05) is 12.1 Å². The van der Waals surface area contributed by atoms with Gasteiger partial charge in [-0.25, -0.2) is 4.99 Å². The molecule has 1 saturated carbocycles. The Morgan fingerprint density at radius 3 is 2.56 bits per heavy atom. The number of nitrogens with zero attached hydrogens (tertiary/aromatic N) is 1. The van der Waals surface area contributed by atoms with Crippen molar-refractivity contribution in [2.45, 2.75) is 32.4 Å². The molecule has 0 aliphatic heterocycles. The predicted octanol–water partition coefficient (Wildman–Crippen LogP) is 2.23. The van der Waals surface area contributed by atoms with E-state index in [0.717, 1.165) is 18.1 Å². The van der Waals surface area contributed by atoms with Crippen LogP contribution in [0.4, 0.5) is 0 Å². The number of aliphatic imine (C=N–C) groups is 1. The van der Waals surface area contributed by atoms with Gasteiger partial charge >= 0.3 is 0 Å². The van der Waals surface area contributed by atoms with Crippen LogP contribution in [0.2, 0.25) is 0 Å². The highest BCUT2D eigenvalue weighted by Crippen LogP contribution is 2.18. The van der Waals surface area contributed by atoms with Crippen molar-refractivity contribution in [2.24, 2.45) is 4.99 Å². The van der Waals surface area contributed by atoms with Gasteiger partial charge in [0, 0.05) is 12.6 Å². The first-order valence-corrected chi connectivity index (χ1v) is 6.10. The molecule has 1 aromatic carbocycles. The van der Waals surface area contributed by atoms with E-state index in [9.17, 15) is 5.11 Å². The summed E-state index contributed by atoms with van der Waals surface area (Å²) < 4.78 is 0. The minimum atomic E-state index is 0. The highest BCUT2D eigenvalue weighted by atomic mass is 127. The van der Waals surface area contributed by atoms with Crippen LogP contribution >= 0.6 is 24.0 Å². The highest BCUT2D eigenvalue weighted by molar-refractivity contribution is 14.0. The van der Waals surface area contributed by atoms with E-state index in [0.29, 0.717) is 18.3 Å². The summed E-state index contributed by atoms with van der Waals surface area (Å²) in [7, 11) is 0. The van der Waals surface area contributed by atoms with Crippen molar-refractivity contribution in [1.82, 2.24) is 10.6 Å². The van der Waals surface area contributed by atoms with E-state index >= 15 is 0 Å². The first-order valence-electron chi connectivity index (χ1n) is 6.10. The fraction of sp³-hybridized carbons (Fsp3) is 0.462. The minimum Gasteiger partial charge on any atom is -0.508 e. The number of guanidine groups is 1. The van der Waals surface area contributed by atoms with Crippen molar-refractivity contribution >= 4 is 29.9 Å². The van der Waals surface area contributed by atoms with Crippen LogP contribution in [-0.2, 0) is 6.54 Å². The van der Waals surface area contributed by atoms with Crippen LogP contribution < -0.4 is 10.6 Å². The highest BCUT2D eigenvalue weighted by Gasteiger charge is 2.21. The van der Waals surface area contributed by atoms with Gasteiger partial charge in [0.05, 0.1) is 6.54 Å². The van der Waals surface area contributed by atoms with Crippen LogP contribution in [0, 0.1) is 0 Å². The molecule has 5 heteroatoms. The molecule has 100 valence electrons. The molecular weight excluding hydrogens is 341 g/mol. The Labute approximate surface area is 125 Å². The molecule has 0 atom stereocenters. The number of aromatic hydroxyl groups is 1. The lowest BCUT2D eigenvalue weighted by Crippen LogP contribution is -2.38. The van der Waals surface area contributed by atoms with E-state index in [1.165, 1.54) is 12.8 Å². The van der Waals surface area contributed by atoms with E-state index in [4.69, 9.17) is 0 Å². The molecule has 1 aromatic rings. The lowest BCUT2D eigenvalue weighted by molar-refractivity contribution is 0.475. The van der Waals surface area contributed by atoms with Gasteiger partial charge in [-0.2, -0.15) is 0 Å². The van der Waals surface area contributed by atoms with Crippen LogP contribution in [0.5, 0.6) is 5.75 Å². The molecule has 1 aliphatic rings. The maximum absolute atomic E-state index is 9.19. The fourth-order valence-corrected chi connectivity index (χ4v) is 1.51. The number of rotatable bonds is 4. The maximum atomic E-state index is 9.19. The van der Waals surface area contributed by atoms with E-state index < -0.39 is 0 Å². The summed E-state index contributed by atoms with van der Waals surface area (Å²) in [6, 6.07) is 7.75. The average Bonchev–Trinajstić information content (AvgIpc) is 3.12. The Kier molecular flexibility index (Phi) is 6.24. The molecule has 1 aliphatic carbocycles. The largest absolute Gasteiger partial charge is 0.508 e. The van der Waals surface area contributed by atoms with E-state index in [1.54, 1.807) is 12.1 Å². The third kappa shape index (κ3) is 5.12. The molecule has 3 N–H and O–H groups in total. The second kappa shape index (κ2) is 7.45. The molecule has 0 aromatic heterocycles. The normalized spacial score (nSPS) is 14.8. The molecule has 0 heterocycles. The van der Waals surface area contributed by atoms with Crippen molar-refractivity contribution in [2.75, 3.05) is 6.54 Å². The Hall–Kier alpha value is -0.980. The quantitative estimate of drug-likeness (QED) is 0.438. The summed E-state index contributed by atoms with van der Waals surface area (Å²) in [5.74, 6) is 1.17. The van der Waals surface area contributed by atoms with Crippen LogP contribution in [0.3, 0.4) is 0 Å². The molecule has 0 spiro atoms. The Morgan fingerprint density at radius 2 is 2.00 bits per heavy atom. The second-order valence-corrected chi connectivity index (χ2v) is 4.28. The molecule has 18 heavy (non-hydrogen) atoms. The molecule has 0 amide bonds. The summed E-state index contributed by atoms with van der Waals surface area (Å²) >= 11 is 0. The summed E-state index contributed by atoms with van der Waals surface area (Å²) in [5.41, 5.74) is 1.09. The van der Waals surface area contributed by atoms with Gasteiger partial charge in [0.15, 0.2) is 5.96 Å². The molecule has 4 nitrogen and oxygen atoms in total. The summed E-state index contributed by atoms with van der Waals surface area (Å²) in [4.78, 5) is 4.51. The zero-order valence-electron chi connectivity index (χ0n) is 10.5. The number of phenolic OH excluding ortho intramolecular Hbond substituents is 1. The zero-order chi connectivity index (χ0) is 12.1. The van der Waals surface area contributed by atoms with Gasteiger partial charge < -0.3 is 15.7 Å². The summed E-state index contributed by atoms with van der Waals surface area (Å²) in [6.45, 7) is 3.56. The minimum absolute atomic E-state index is 0. The van der Waals surface area contributed by atoms with Gasteiger partial charge in [0.2, 0.25) is 0 Å².